The minimum Gasteiger partial charge on any atom is -0.380 e. The molecule has 1 aromatic carbocycles. The SMILES string of the molecule is COCc1csc(CNc2ncnc3cc(C)ccc23)c1. The number of nitrogens with zero attached hydrogens (tertiary/aromatic N) is 2. The molecule has 1 N–H and O–H groups in total. The molecular formula is C16H17N3OS. The van der Waals surface area contributed by atoms with Crippen LogP contribution in [-0.2, 0) is 17.9 Å². The maximum Gasteiger partial charge on any atom is 0.137 e. The van der Waals surface area contributed by atoms with Gasteiger partial charge >= 0.3 is 0 Å². The number of rotatable bonds is 5. The van der Waals surface area contributed by atoms with Crippen molar-refractivity contribution in [3.63, 3.8) is 0 Å². The van der Waals surface area contributed by atoms with Crippen LogP contribution in [0.4, 0.5) is 5.82 Å². The van der Waals surface area contributed by atoms with Gasteiger partial charge in [-0.3, -0.25) is 0 Å². The van der Waals surface area contributed by atoms with Crippen LogP contribution in [0.5, 0.6) is 0 Å². The Morgan fingerprint density at radius 2 is 2.14 bits per heavy atom. The molecule has 0 bridgehead atoms. The van der Waals surface area contributed by atoms with Gasteiger partial charge in [-0.05, 0) is 41.6 Å². The summed E-state index contributed by atoms with van der Waals surface area (Å²) >= 11 is 1.73. The molecule has 4 nitrogen and oxygen atoms in total. The molecule has 0 aliphatic rings. The number of anilines is 1. The lowest BCUT2D eigenvalue weighted by Gasteiger charge is -2.07. The van der Waals surface area contributed by atoms with E-state index >= 15 is 0 Å². The van der Waals surface area contributed by atoms with Crippen LogP contribution in [0.1, 0.15) is 16.0 Å². The topological polar surface area (TPSA) is 47.0 Å². The van der Waals surface area contributed by atoms with Gasteiger partial charge in [0.25, 0.3) is 0 Å². The van der Waals surface area contributed by atoms with Gasteiger partial charge in [0, 0.05) is 17.4 Å². The number of hydrogen-bond acceptors (Lipinski definition) is 5. The number of nitrogens with one attached hydrogen (secondary N) is 1. The fraction of sp³-hybridized carbons (Fsp3) is 0.250. The Morgan fingerprint density at radius 3 is 3.00 bits per heavy atom. The molecule has 2 heterocycles. The van der Waals surface area contributed by atoms with Gasteiger partial charge in [0.2, 0.25) is 0 Å². The molecule has 21 heavy (non-hydrogen) atoms. The van der Waals surface area contributed by atoms with Crippen molar-refractivity contribution in [2.24, 2.45) is 0 Å². The van der Waals surface area contributed by atoms with E-state index in [1.165, 1.54) is 16.0 Å². The molecule has 0 aliphatic carbocycles. The van der Waals surface area contributed by atoms with Crippen LogP contribution in [0.15, 0.2) is 36.0 Å². The van der Waals surface area contributed by atoms with E-state index in [0.717, 1.165) is 23.3 Å². The first-order valence-electron chi connectivity index (χ1n) is 6.77. The molecule has 0 fully saturated rings. The van der Waals surface area contributed by atoms with Crippen LogP contribution >= 0.6 is 11.3 Å². The third-order valence-corrected chi connectivity index (χ3v) is 4.23. The Bertz CT molecular complexity index is 754. The van der Waals surface area contributed by atoms with Gasteiger partial charge in [0.1, 0.15) is 12.1 Å². The molecule has 0 radical (unpaired) electrons. The van der Waals surface area contributed by atoms with Gasteiger partial charge < -0.3 is 10.1 Å². The predicted molar refractivity (Wildman–Crippen MR) is 86.6 cm³/mol. The standard InChI is InChI=1S/C16H17N3OS/c1-11-3-4-14-15(5-11)18-10-19-16(14)17-7-13-6-12(8-20-2)9-21-13/h3-6,9-10H,7-8H2,1-2H3,(H,17,18,19). The minimum absolute atomic E-state index is 0.659. The lowest BCUT2D eigenvalue weighted by molar-refractivity contribution is 0.185. The molecule has 0 atom stereocenters. The second-order valence-corrected chi connectivity index (χ2v) is 5.95. The molecule has 3 rings (SSSR count). The smallest absolute Gasteiger partial charge is 0.137 e. The van der Waals surface area contributed by atoms with E-state index in [1.807, 2.05) is 0 Å². The van der Waals surface area contributed by atoms with E-state index in [9.17, 15) is 0 Å². The van der Waals surface area contributed by atoms with Gasteiger partial charge in [0.05, 0.1) is 18.7 Å². The minimum atomic E-state index is 0.659. The number of methoxy groups -OCH3 is 1. The van der Waals surface area contributed by atoms with E-state index in [-0.39, 0.29) is 0 Å². The number of aromatic nitrogens is 2. The van der Waals surface area contributed by atoms with Gasteiger partial charge in [-0.15, -0.1) is 11.3 Å². The maximum atomic E-state index is 5.14. The molecule has 3 aromatic rings. The Morgan fingerprint density at radius 1 is 1.24 bits per heavy atom. The van der Waals surface area contributed by atoms with Gasteiger partial charge in [0.15, 0.2) is 0 Å². The summed E-state index contributed by atoms with van der Waals surface area (Å²) in [6.45, 7) is 3.48. The summed E-state index contributed by atoms with van der Waals surface area (Å²) in [6.07, 6.45) is 1.61. The van der Waals surface area contributed by atoms with E-state index < -0.39 is 0 Å². The summed E-state index contributed by atoms with van der Waals surface area (Å²) in [5.41, 5.74) is 3.39. The monoisotopic (exact) mass is 299 g/mol. The first-order valence-corrected chi connectivity index (χ1v) is 7.64. The van der Waals surface area contributed by atoms with Crippen molar-refractivity contribution >= 4 is 28.1 Å². The number of ether oxygens (including phenoxy) is 1. The highest BCUT2D eigenvalue weighted by Crippen LogP contribution is 2.22. The van der Waals surface area contributed by atoms with E-state index in [1.54, 1.807) is 24.8 Å². The van der Waals surface area contributed by atoms with Crippen molar-refractivity contribution in [2.45, 2.75) is 20.1 Å². The quantitative estimate of drug-likeness (QED) is 0.779. The summed E-state index contributed by atoms with van der Waals surface area (Å²) in [5.74, 6) is 0.877. The number of aryl methyl sites for hydroxylation is 1. The average molecular weight is 299 g/mol. The zero-order valence-electron chi connectivity index (χ0n) is 12.1. The molecular weight excluding hydrogens is 282 g/mol. The van der Waals surface area contributed by atoms with E-state index in [4.69, 9.17) is 4.74 Å². The zero-order valence-corrected chi connectivity index (χ0v) is 12.9. The Kier molecular flexibility index (Phi) is 4.13. The van der Waals surface area contributed by atoms with Crippen molar-refractivity contribution in [2.75, 3.05) is 12.4 Å². The lowest BCUT2D eigenvalue weighted by Crippen LogP contribution is -2.01. The van der Waals surface area contributed by atoms with Crippen molar-refractivity contribution in [3.05, 3.63) is 52.0 Å². The second kappa shape index (κ2) is 6.20. The fourth-order valence-electron chi connectivity index (χ4n) is 2.24. The number of hydrogen-bond donors (Lipinski definition) is 1. The summed E-state index contributed by atoms with van der Waals surface area (Å²) in [5, 5.41) is 6.58. The summed E-state index contributed by atoms with van der Waals surface area (Å²) in [4.78, 5) is 9.94. The molecule has 0 saturated carbocycles. The zero-order chi connectivity index (χ0) is 14.7. The van der Waals surface area contributed by atoms with Crippen LogP contribution in [0.3, 0.4) is 0 Å². The molecule has 0 spiro atoms. The normalized spacial score (nSPS) is 11.0. The average Bonchev–Trinajstić information content (AvgIpc) is 2.93. The maximum absolute atomic E-state index is 5.14. The highest BCUT2D eigenvalue weighted by Gasteiger charge is 2.05. The third kappa shape index (κ3) is 3.20. The fourth-order valence-corrected chi connectivity index (χ4v) is 3.05. The Hall–Kier alpha value is -1.98. The number of benzene rings is 1. The summed E-state index contributed by atoms with van der Waals surface area (Å²) in [6, 6.07) is 8.38. The molecule has 0 amide bonds. The summed E-state index contributed by atoms with van der Waals surface area (Å²) in [7, 11) is 1.71. The largest absolute Gasteiger partial charge is 0.380 e. The molecule has 0 aliphatic heterocycles. The predicted octanol–water partition coefficient (Wildman–Crippen LogP) is 3.76. The first-order chi connectivity index (χ1) is 10.3. The lowest BCUT2D eigenvalue weighted by atomic mass is 10.1. The Labute approximate surface area is 127 Å². The van der Waals surface area contributed by atoms with Gasteiger partial charge in [-0.25, -0.2) is 9.97 Å². The first kappa shape index (κ1) is 14.0. The van der Waals surface area contributed by atoms with Crippen LogP contribution in [0.2, 0.25) is 0 Å². The van der Waals surface area contributed by atoms with Gasteiger partial charge in [-0.2, -0.15) is 0 Å². The van der Waals surface area contributed by atoms with Gasteiger partial charge in [-0.1, -0.05) is 6.07 Å². The van der Waals surface area contributed by atoms with E-state index in [0.29, 0.717) is 6.61 Å². The molecule has 108 valence electrons. The van der Waals surface area contributed by atoms with E-state index in [2.05, 4.69) is 51.9 Å². The molecule has 0 unspecified atom stereocenters. The third-order valence-electron chi connectivity index (χ3n) is 3.24. The van der Waals surface area contributed by atoms with Crippen molar-refractivity contribution in [1.29, 1.82) is 0 Å². The van der Waals surface area contributed by atoms with Crippen molar-refractivity contribution in [3.8, 4) is 0 Å². The van der Waals surface area contributed by atoms with Crippen LogP contribution in [-0.4, -0.2) is 17.1 Å². The Balaban J connectivity index is 1.78. The van der Waals surface area contributed by atoms with Crippen molar-refractivity contribution < 1.29 is 4.74 Å². The van der Waals surface area contributed by atoms with Crippen molar-refractivity contribution in [1.82, 2.24) is 9.97 Å². The molecule has 2 aromatic heterocycles. The number of fused-ring (bicyclic) bond motifs is 1. The summed E-state index contributed by atoms with van der Waals surface area (Å²) < 4.78 is 5.14. The molecule has 0 saturated heterocycles. The molecule has 5 heteroatoms. The second-order valence-electron chi connectivity index (χ2n) is 4.95. The highest BCUT2D eigenvalue weighted by molar-refractivity contribution is 7.10. The number of thiophene rings is 1. The van der Waals surface area contributed by atoms with Crippen LogP contribution in [0, 0.1) is 6.92 Å². The highest BCUT2D eigenvalue weighted by atomic mass is 32.1. The van der Waals surface area contributed by atoms with Crippen LogP contribution < -0.4 is 5.32 Å². The van der Waals surface area contributed by atoms with Crippen LogP contribution in [0.25, 0.3) is 10.9 Å².